The second-order valence-electron chi connectivity index (χ2n) is 8.44. The van der Waals surface area contributed by atoms with Gasteiger partial charge in [-0.3, -0.25) is 0 Å². The zero-order valence-electron chi connectivity index (χ0n) is 18.9. The summed E-state index contributed by atoms with van der Waals surface area (Å²) in [6, 6.07) is 18.5. The summed E-state index contributed by atoms with van der Waals surface area (Å²) in [6.07, 6.45) is 13.4. The van der Waals surface area contributed by atoms with E-state index in [1.807, 2.05) is 5.31 Å². The summed E-state index contributed by atoms with van der Waals surface area (Å²) in [7, 11) is 0.0232. The first kappa shape index (κ1) is 27.1. The predicted molar refractivity (Wildman–Crippen MR) is 126 cm³/mol. The Hall–Kier alpha value is -0.187. The van der Waals surface area contributed by atoms with Crippen LogP contribution in [0.5, 0.6) is 0 Å². The molecule has 164 valence electrons. The molecular weight excluding hydrogens is 517 g/mol. The molecule has 0 nitrogen and oxygen atoms in total. The Kier molecular flexibility index (Phi) is 11.3. The van der Waals surface area contributed by atoms with Crippen molar-refractivity contribution in [2.24, 2.45) is 0 Å². The molecule has 2 unspecified atom stereocenters. The number of rotatable bonds is 9. The zero-order valence-corrected chi connectivity index (χ0v) is 23.7. The number of hydrogen-bond acceptors (Lipinski definition) is 0. The molecule has 0 saturated carbocycles. The van der Waals surface area contributed by atoms with E-state index in [2.05, 4.69) is 81.5 Å². The molecule has 0 aliphatic heterocycles. The molecule has 0 spiro atoms. The van der Waals surface area contributed by atoms with Gasteiger partial charge in [0.2, 0.25) is 0 Å². The van der Waals surface area contributed by atoms with Gasteiger partial charge in [-0.25, -0.2) is 0 Å². The van der Waals surface area contributed by atoms with Gasteiger partial charge in [0.15, 0.2) is 0 Å². The van der Waals surface area contributed by atoms with Crippen LogP contribution in [0, 0.1) is 0 Å². The van der Waals surface area contributed by atoms with Crippen LogP contribution in [0.2, 0.25) is 0 Å². The van der Waals surface area contributed by atoms with Crippen molar-refractivity contribution in [3.63, 3.8) is 0 Å². The molecule has 0 heterocycles. The minimum Gasteiger partial charge on any atom is -1.00 e. The largest absolute Gasteiger partial charge is 1.00 e. The van der Waals surface area contributed by atoms with E-state index in [1.165, 1.54) is 49.1 Å². The zero-order chi connectivity index (χ0) is 20.2. The van der Waals surface area contributed by atoms with Crippen LogP contribution in [0.25, 0.3) is 12.2 Å². The number of halogens is 2. The van der Waals surface area contributed by atoms with E-state index in [4.69, 9.17) is 0 Å². The third-order valence-electron chi connectivity index (χ3n) is 6.31. The summed E-state index contributed by atoms with van der Waals surface area (Å²) in [5, 5.41) is 1.87. The molecule has 2 aliphatic rings. The molecule has 2 aromatic rings. The van der Waals surface area contributed by atoms with E-state index in [9.17, 15) is 0 Å². The van der Waals surface area contributed by atoms with Gasteiger partial charge in [0.1, 0.15) is 0 Å². The Morgan fingerprint density at radius 3 is 1.84 bits per heavy atom. The van der Waals surface area contributed by atoms with Crippen molar-refractivity contribution in [1.29, 1.82) is 0 Å². The maximum Gasteiger partial charge on any atom is -1.00 e. The average molecular weight is 551 g/mol. The van der Waals surface area contributed by atoms with Crippen LogP contribution < -0.4 is 24.8 Å². The molecule has 0 saturated heterocycles. The van der Waals surface area contributed by atoms with E-state index in [-0.39, 0.29) is 32.7 Å². The average Bonchev–Trinajstić information content (AvgIpc) is 3.26. The molecule has 0 aromatic heterocycles. The first-order valence-electron chi connectivity index (χ1n) is 11.3. The van der Waals surface area contributed by atoms with Crippen LogP contribution >= 0.6 is 7.92 Å². The van der Waals surface area contributed by atoms with E-state index in [0.717, 1.165) is 7.25 Å². The normalized spacial score (nSPS) is 18.3. The summed E-state index contributed by atoms with van der Waals surface area (Å²) >= 11 is -0.715. The summed E-state index contributed by atoms with van der Waals surface area (Å²) in [5.74, 6) is 0. The smallest absolute Gasteiger partial charge is 1.00 e. The van der Waals surface area contributed by atoms with Gasteiger partial charge in [-0.1, -0.05) is 0 Å². The molecular formula is C27H33Cl2PZr. The Morgan fingerprint density at radius 2 is 1.26 bits per heavy atom. The SMILES string of the molecule is CCCCP(CCCC)C1=Cc2ccccc2[CH]1[Zr+2][CH]1C(C)=Cc2ccccc21.[Cl-].[Cl-]. The third-order valence-corrected chi connectivity index (χ3v) is 14.8. The van der Waals surface area contributed by atoms with Crippen LogP contribution in [0.4, 0.5) is 0 Å². The molecule has 0 fully saturated rings. The van der Waals surface area contributed by atoms with Gasteiger partial charge >= 0.3 is 191 Å². The molecule has 0 amide bonds. The number of allylic oxidation sites excluding steroid dienone is 2. The van der Waals surface area contributed by atoms with Crippen molar-refractivity contribution in [1.82, 2.24) is 0 Å². The van der Waals surface area contributed by atoms with Crippen molar-refractivity contribution < 1.29 is 48.0 Å². The number of fused-ring (bicyclic) bond motifs is 2. The first-order chi connectivity index (χ1) is 14.2. The van der Waals surface area contributed by atoms with Crippen molar-refractivity contribution in [3.8, 4) is 0 Å². The van der Waals surface area contributed by atoms with E-state index in [1.54, 1.807) is 16.7 Å². The van der Waals surface area contributed by atoms with Crippen molar-refractivity contribution in [2.75, 3.05) is 12.3 Å². The van der Waals surface area contributed by atoms with Crippen LogP contribution in [0.15, 0.2) is 59.4 Å². The van der Waals surface area contributed by atoms with Gasteiger partial charge in [-0.05, 0) is 0 Å². The fraction of sp³-hybridized carbons (Fsp3) is 0.407. The maximum absolute atomic E-state index is 2.64. The van der Waals surface area contributed by atoms with Crippen molar-refractivity contribution in [3.05, 3.63) is 81.7 Å². The van der Waals surface area contributed by atoms with Gasteiger partial charge in [0.25, 0.3) is 0 Å². The van der Waals surface area contributed by atoms with Gasteiger partial charge < -0.3 is 24.8 Å². The molecule has 4 heteroatoms. The summed E-state index contributed by atoms with van der Waals surface area (Å²) in [6.45, 7) is 7.08. The van der Waals surface area contributed by atoms with Crippen LogP contribution in [-0.4, -0.2) is 12.3 Å². The maximum atomic E-state index is 2.64. The van der Waals surface area contributed by atoms with Gasteiger partial charge in [-0.2, -0.15) is 0 Å². The molecule has 0 N–H and O–H groups in total. The number of hydrogen-bond donors (Lipinski definition) is 0. The molecule has 2 atom stereocenters. The van der Waals surface area contributed by atoms with Crippen LogP contribution in [-0.2, 0) is 23.2 Å². The van der Waals surface area contributed by atoms with Crippen LogP contribution in [0.3, 0.4) is 0 Å². The van der Waals surface area contributed by atoms with Gasteiger partial charge in [0, 0.05) is 0 Å². The molecule has 31 heavy (non-hydrogen) atoms. The summed E-state index contributed by atoms with van der Waals surface area (Å²) < 4.78 is 1.51. The monoisotopic (exact) mass is 548 g/mol. The van der Waals surface area contributed by atoms with Gasteiger partial charge in [0.05, 0.1) is 0 Å². The predicted octanol–water partition coefficient (Wildman–Crippen LogP) is 2.41. The van der Waals surface area contributed by atoms with Crippen LogP contribution in [0.1, 0.15) is 76.0 Å². The van der Waals surface area contributed by atoms with E-state index in [0.29, 0.717) is 0 Å². The molecule has 0 radical (unpaired) electrons. The minimum atomic E-state index is -0.715. The summed E-state index contributed by atoms with van der Waals surface area (Å²) in [5.41, 5.74) is 7.90. The fourth-order valence-corrected chi connectivity index (χ4v) is 13.9. The Morgan fingerprint density at radius 1 is 0.742 bits per heavy atom. The van der Waals surface area contributed by atoms with E-state index < -0.39 is 23.2 Å². The second kappa shape index (κ2) is 12.9. The Balaban J connectivity index is 0.00000171. The number of unbranched alkanes of at least 4 members (excludes halogenated alkanes) is 2. The second-order valence-corrected chi connectivity index (χ2v) is 14.6. The van der Waals surface area contributed by atoms with Crippen molar-refractivity contribution in [2.45, 2.75) is 53.7 Å². The minimum absolute atomic E-state index is 0. The topological polar surface area (TPSA) is 0 Å². The number of benzene rings is 2. The first-order valence-corrected chi connectivity index (χ1v) is 15.9. The quantitative estimate of drug-likeness (QED) is 0.421. The molecule has 0 bridgehead atoms. The third kappa shape index (κ3) is 6.04. The molecule has 4 rings (SSSR count). The van der Waals surface area contributed by atoms with Gasteiger partial charge in [-0.15, -0.1) is 0 Å². The Labute approximate surface area is 214 Å². The molecule has 2 aliphatic carbocycles. The molecule has 2 aromatic carbocycles. The van der Waals surface area contributed by atoms with Crippen molar-refractivity contribution >= 4 is 20.1 Å². The fourth-order valence-electron chi connectivity index (χ4n) is 4.69. The summed E-state index contributed by atoms with van der Waals surface area (Å²) in [4.78, 5) is 0. The van der Waals surface area contributed by atoms with E-state index >= 15 is 0 Å². The standard InChI is InChI=1S/C17H24P.C10H9.2ClH.Zr/c1-3-5-11-18(12-6-4-2)17-13-15-9-7-8-10-16(15)14-17;1-8-6-9-4-2-3-5-10(9)7-8;;;/h7-10,13-14H,3-6,11-12H2,1-2H3;2-7H,1H3;2*1H;/q;;;;+2/p-2. The Bertz CT molecular complexity index is 913.